The molecule has 3 atom stereocenters. The zero-order valence-electron chi connectivity index (χ0n) is 9.41. The van der Waals surface area contributed by atoms with Crippen LogP contribution in [0.15, 0.2) is 0 Å². The fraction of sp³-hybridized carbons (Fsp3) is 0.909. The summed E-state index contributed by atoms with van der Waals surface area (Å²) < 4.78 is 0. The van der Waals surface area contributed by atoms with Crippen LogP contribution < -0.4 is 11.1 Å². The van der Waals surface area contributed by atoms with Gasteiger partial charge in [-0.05, 0) is 25.7 Å². The molecule has 4 N–H and O–H groups in total. The van der Waals surface area contributed by atoms with Gasteiger partial charge in [0.1, 0.15) is 0 Å². The molecule has 1 fully saturated rings. The van der Waals surface area contributed by atoms with Gasteiger partial charge in [-0.15, -0.1) is 0 Å². The summed E-state index contributed by atoms with van der Waals surface area (Å²) in [4.78, 5) is 11.7. The van der Waals surface area contributed by atoms with E-state index in [0.29, 0.717) is 13.0 Å². The first-order valence-electron chi connectivity index (χ1n) is 5.84. The molecule has 4 heteroatoms. The van der Waals surface area contributed by atoms with Gasteiger partial charge in [-0.3, -0.25) is 4.79 Å². The van der Waals surface area contributed by atoms with Gasteiger partial charge in [0.25, 0.3) is 0 Å². The van der Waals surface area contributed by atoms with Gasteiger partial charge in [-0.2, -0.15) is 0 Å². The number of aliphatic hydroxyl groups excluding tert-OH is 1. The van der Waals surface area contributed by atoms with E-state index in [1.165, 1.54) is 0 Å². The summed E-state index contributed by atoms with van der Waals surface area (Å²) in [5, 5.41) is 12.1. The molecule has 0 spiro atoms. The van der Waals surface area contributed by atoms with Crippen LogP contribution in [0.3, 0.4) is 0 Å². The summed E-state index contributed by atoms with van der Waals surface area (Å²) in [5.41, 5.74) is 5.82. The maximum absolute atomic E-state index is 11.7. The maximum Gasteiger partial charge on any atom is 0.223 e. The van der Waals surface area contributed by atoms with Crippen LogP contribution >= 0.6 is 0 Å². The molecule has 0 saturated heterocycles. The Hall–Kier alpha value is -0.610. The minimum Gasteiger partial charge on any atom is -0.391 e. The van der Waals surface area contributed by atoms with Crippen LogP contribution in [0.2, 0.25) is 0 Å². The molecule has 1 amide bonds. The van der Waals surface area contributed by atoms with E-state index in [9.17, 15) is 9.90 Å². The molecule has 1 rings (SSSR count). The Balaban J connectivity index is 2.26. The van der Waals surface area contributed by atoms with Crippen LogP contribution in [0, 0.1) is 5.92 Å². The van der Waals surface area contributed by atoms with Crippen molar-refractivity contribution in [2.45, 2.75) is 51.2 Å². The van der Waals surface area contributed by atoms with Crippen LogP contribution in [-0.2, 0) is 4.79 Å². The van der Waals surface area contributed by atoms with E-state index in [1.54, 1.807) is 0 Å². The molecule has 0 aliphatic heterocycles. The van der Waals surface area contributed by atoms with Crippen LogP contribution in [0.5, 0.6) is 0 Å². The lowest BCUT2D eigenvalue weighted by atomic mass is 9.85. The molecule has 1 aliphatic rings. The topological polar surface area (TPSA) is 75.3 Å². The first-order valence-corrected chi connectivity index (χ1v) is 5.84. The van der Waals surface area contributed by atoms with E-state index in [2.05, 4.69) is 5.32 Å². The highest BCUT2D eigenvalue weighted by atomic mass is 16.3. The third-order valence-corrected chi connectivity index (χ3v) is 3.07. The van der Waals surface area contributed by atoms with Crippen molar-refractivity contribution < 1.29 is 9.90 Å². The quantitative estimate of drug-likeness (QED) is 0.633. The number of amides is 1. The van der Waals surface area contributed by atoms with Crippen LogP contribution in [-0.4, -0.2) is 29.7 Å². The van der Waals surface area contributed by atoms with Gasteiger partial charge in [0.15, 0.2) is 0 Å². The lowest BCUT2D eigenvalue weighted by molar-refractivity contribution is -0.126. The summed E-state index contributed by atoms with van der Waals surface area (Å²) in [6.45, 7) is 2.26. The van der Waals surface area contributed by atoms with E-state index >= 15 is 0 Å². The largest absolute Gasteiger partial charge is 0.391 e. The number of nitrogens with one attached hydrogen (secondary N) is 1. The van der Waals surface area contributed by atoms with Gasteiger partial charge in [0.2, 0.25) is 5.91 Å². The normalized spacial score (nSPS) is 28.5. The number of carbonyl (C=O) groups is 1. The van der Waals surface area contributed by atoms with Crippen molar-refractivity contribution >= 4 is 5.91 Å². The summed E-state index contributed by atoms with van der Waals surface area (Å²) >= 11 is 0. The minimum absolute atomic E-state index is 0.0534. The van der Waals surface area contributed by atoms with Gasteiger partial charge in [-0.1, -0.05) is 13.3 Å². The molecule has 0 aromatic carbocycles. The van der Waals surface area contributed by atoms with Gasteiger partial charge < -0.3 is 16.2 Å². The lowest BCUT2D eigenvalue weighted by Crippen LogP contribution is -2.40. The zero-order valence-corrected chi connectivity index (χ0v) is 9.41. The van der Waals surface area contributed by atoms with Crippen molar-refractivity contribution in [3.63, 3.8) is 0 Å². The molecular formula is C11H22N2O2. The molecule has 4 nitrogen and oxygen atoms in total. The van der Waals surface area contributed by atoms with E-state index in [1.807, 2.05) is 6.92 Å². The van der Waals surface area contributed by atoms with Crippen LogP contribution in [0.1, 0.15) is 39.0 Å². The summed E-state index contributed by atoms with van der Waals surface area (Å²) in [6.07, 6.45) is 4.03. The molecule has 88 valence electrons. The predicted molar refractivity (Wildman–Crippen MR) is 59.2 cm³/mol. The maximum atomic E-state index is 11.7. The van der Waals surface area contributed by atoms with E-state index in [-0.39, 0.29) is 17.9 Å². The number of hydrogen-bond donors (Lipinski definition) is 3. The Morgan fingerprint density at radius 2 is 2.33 bits per heavy atom. The standard InChI is InChI=1S/C11H22N2O2/c1-2-10(14)7-13-11(15)8-4-3-5-9(12)6-8/h8-10,14H,2-7,12H2,1H3,(H,13,15). The Bertz CT molecular complexity index is 209. The van der Waals surface area contributed by atoms with E-state index < -0.39 is 6.10 Å². The zero-order chi connectivity index (χ0) is 11.3. The van der Waals surface area contributed by atoms with Crippen LogP contribution in [0.25, 0.3) is 0 Å². The highest BCUT2D eigenvalue weighted by Crippen LogP contribution is 2.22. The van der Waals surface area contributed by atoms with Crippen molar-refractivity contribution in [1.29, 1.82) is 0 Å². The van der Waals surface area contributed by atoms with Gasteiger partial charge in [-0.25, -0.2) is 0 Å². The van der Waals surface area contributed by atoms with Gasteiger partial charge in [0, 0.05) is 18.5 Å². The van der Waals surface area contributed by atoms with Crippen molar-refractivity contribution in [2.75, 3.05) is 6.54 Å². The number of carbonyl (C=O) groups excluding carboxylic acids is 1. The van der Waals surface area contributed by atoms with Gasteiger partial charge in [0.05, 0.1) is 6.10 Å². The van der Waals surface area contributed by atoms with E-state index in [4.69, 9.17) is 5.73 Å². The molecule has 0 aromatic heterocycles. The second-order valence-corrected chi connectivity index (χ2v) is 4.43. The Kier molecular flexibility index (Phi) is 5.05. The van der Waals surface area contributed by atoms with Crippen molar-refractivity contribution in [1.82, 2.24) is 5.32 Å². The third kappa shape index (κ3) is 4.18. The second-order valence-electron chi connectivity index (χ2n) is 4.43. The van der Waals surface area contributed by atoms with Crippen LogP contribution in [0.4, 0.5) is 0 Å². The highest BCUT2D eigenvalue weighted by molar-refractivity contribution is 5.78. The molecule has 0 bridgehead atoms. The van der Waals surface area contributed by atoms with Crippen molar-refractivity contribution in [3.8, 4) is 0 Å². The average Bonchev–Trinajstić information content (AvgIpc) is 2.25. The van der Waals surface area contributed by atoms with Crippen molar-refractivity contribution in [3.05, 3.63) is 0 Å². The lowest BCUT2D eigenvalue weighted by Gasteiger charge is -2.26. The molecule has 3 unspecified atom stereocenters. The summed E-state index contributed by atoms with van der Waals surface area (Å²) in [7, 11) is 0. The highest BCUT2D eigenvalue weighted by Gasteiger charge is 2.25. The average molecular weight is 214 g/mol. The molecule has 1 aliphatic carbocycles. The first-order chi connectivity index (χ1) is 7.13. The Morgan fingerprint density at radius 1 is 1.60 bits per heavy atom. The molecule has 0 radical (unpaired) electrons. The number of rotatable bonds is 4. The third-order valence-electron chi connectivity index (χ3n) is 3.07. The van der Waals surface area contributed by atoms with Crippen molar-refractivity contribution in [2.24, 2.45) is 11.7 Å². The Labute approximate surface area is 91.2 Å². The number of aliphatic hydroxyl groups is 1. The number of hydrogen-bond acceptors (Lipinski definition) is 3. The molecule has 15 heavy (non-hydrogen) atoms. The fourth-order valence-corrected chi connectivity index (χ4v) is 1.97. The minimum atomic E-state index is -0.425. The fourth-order valence-electron chi connectivity index (χ4n) is 1.97. The SMILES string of the molecule is CCC(O)CNC(=O)C1CCCC(N)C1. The predicted octanol–water partition coefficient (Wildman–Crippen LogP) is 0.391. The van der Waals surface area contributed by atoms with Gasteiger partial charge >= 0.3 is 0 Å². The summed E-state index contributed by atoms with van der Waals surface area (Å²) in [6, 6.07) is 0.172. The molecule has 0 heterocycles. The molecular weight excluding hydrogens is 192 g/mol. The second kappa shape index (κ2) is 6.08. The van der Waals surface area contributed by atoms with E-state index in [0.717, 1.165) is 25.7 Å². The smallest absolute Gasteiger partial charge is 0.223 e. The molecule has 0 aromatic rings. The summed E-state index contributed by atoms with van der Waals surface area (Å²) in [5.74, 6) is 0.107. The number of nitrogens with two attached hydrogens (primary N) is 1. The Morgan fingerprint density at radius 3 is 2.93 bits per heavy atom. The first kappa shape index (κ1) is 12.5. The monoisotopic (exact) mass is 214 g/mol. The molecule has 1 saturated carbocycles.